The lowest BCUT2D eigenvalue weighted by atomic mass is 10.1. The van der Waals surface area contributed by atoms with Gasteiger partial charge < -0.3 is 5.32 Å². The molecule has 1 aromatic heterocycles. The number of thiazole rings is 1. The molecule has 0 saturated heterocycles. The first-order valence-corrected chi connectivity index (χ1v) is 5.91. The van der Waals surface area contributed by atoms with Gasteiger partial charge in [0.25, 0.3) is 0 Å². The molecular formula is C12H10N2O2S. The Bertz CT molecular complexity index is 532. The summed E-state index contributed by atoms with van der Waals surface area (Å²) in [5.41, 5.74) is 3.30. The molecule has 2 rings (SSSR count). The number of aromatic nitrogens is 1. The van der Waals surface area contributed by atoms with Gasteiger partial charge in [0, 0.05) is 23.6 Å². The van der Waals surface area contributed by atoms with Crippen LogP contribution >= 0.6 is 11.3 Å². The van der Waals surface area contributed by atoms with E-state index in [4.69, 9.17) is 0 Å². The molecule has 0 aliphatic heterocycles. The zero-order valence-electron chi connectivity index (χ0n) is 9.14. The third-order valence-corrected chi connectivity index (χ3v) is 2.72. The van der Waals surface area contributed by atoms with E-state index in [1.54, 1.807) is 35.2 Å². The molecule has 0 unspecified atom stereocenters. The summed E-state index contributed by atoms with van der Waals surface area (Å²) in [7, 11) is 0. The molecule has 0 fully saturated rings. The van der Waals surface area contributed by atoms with Crippen molar-refractivity contribution in [2.75, 3.05) is 5.32 Å². The molecule has 86 valence electrons. The van der Waals surface area contributed by atoms with Crippen LogP contribution in [0.15, 0.2) is 35.2 Å². The molecule has 2 aromatic rings. The maximum Gasteiger partial charge on any atom is 0.221 e. The first-order chi connectivity index (χ1) is 8.16. The maximum absolute atomic E-state index is 11.9. The van der Waals surface area contributed by atoms with Gasteiger partial charge in [0.15, 0.2) is 0 Å². The second-order valence-corrected chi connectivity index (χ2v) is 4.18. The number of amides is 1. The van der Waals surface area contributed by atoms with Crippen molar-refractivity contribution in [1.29, 1.82) is 0 Å². The molecule has 1 N–H and O–H groups in total. The van der Waals surface area contributed by atoms with E-state index in [0.717, 1.165) is 0 Å². The largest absolute Gasteiger partial charge is 0.326 e. The maximum atomic E-state index is 11.9. The minimum Gasteiger partial charge on any atom is -0.326 e. The summed E-state index contributed by atoms with van der Waals surface area (Å²) in [5, 5.41) is 4.35. The monoisotopic (exact) mass is 246 g/mol. The van der Waals surface area contributed by atoms with E-state index in [0.29, 0.717) is 16.9 Å². The van der Waals surface area contributed by atoms with Crippen LogP contribution in [0.4, 0.5) is 5.69 Å². The van der Waals surface area contributed by atoms with Crippen LogP contribution in [0.3, 0.4) is 0 Å². The van der Waals surface area contributed by atoms with Gasteiger partial charge >= 0.3 is 0 Å². The Balaban J connectivity index is 2.18. The minimum absolute atomic E-state index is 0.111. The van der Waals surface area contributed by atoms with Crippen LogP contribution in [0.1, 0.15) is 23.0 Å². The molecular weight excluding hydrogens is 236 g/mol. The second kappa shape index (κ2) is 4.88. The van der Waals surface area contributed by atoms with E-state index < -0.39 is 0 Å². The van der Waals surface area contributed by atoms with Crippen LogP contribution in [-0.4, -0.2) is 16.7 Å². The molecule has 0 bridgehead atoms. The summed E-state index contributed by atoms with van der Waals surface area (Å²) < 4.78 is 0. The Morgan fingerprint density at radius 2 is 1.94 bits per heavy atom. The third kappa shape index (κ3) is 2.76. The minimum atomic E-state index is -0.136. The highest BCUT2D eigenvalue weighted by molar-refractivity contribution is 7.07. The quantitative estimate of drug-likeness (QED) is 0.845. The number of carbonyl (C=O) groups excluding carboxylic acids is 2. The van der Waals surface area contributed by atoms with E-state index >= 15 is 0 Å². The summed E-state index contributed by atoms with van der Waals surface area (Å²) in [4.78, 5) is 26.7. The number of benzene rings is 1. The number of rotatable bonds is 3. The molecule has 0 spiro atoms. The van der Waals surface area contributed by atoms with E-state index in [9.17, 15) is 9.59 Å². The number of nitrogens with one attached hydrogen (secondary N) is 1. The van der Waals surface area contributed by atoms with E-state index in [2.05, 4.69) is 10.3 Å². The number of hydrogen-bond donors (Lipinski definition) is 1. The molecule has 0 atom stereocenters. The highest BCUT2D eigenvalue weighted by Gasteiger charge is 2.10. The highest BCUT2D eigenvalue weighted by atomic mass is 32.1. The van der Waals surface area contributed by atoms with Crippen molar-refractivity contribution in [3.05, 3.63) is 46.4 Å². The van der Waals surface area contributed by atoms with Crippen molar-refractivity contribution < 1.29 is 9.59 Å². The molecule has 17 heavy (non-hydrogen) atoms. The number of ketones is 1. The van der Waals surface area contributed by atoms with Gasteiger partial charge in [0.1, 0.15) is 5.69 Å². The Labute approximate surface area is 102 Å². The van der Waals surface area contributed by atoms with E-state index in [1.165, 1.54) is 18.3 Å². The molecule has 0 aliphatic rings. The molecule has 4 nitrogen and oxygen atoms in total. The molecule has 1 amide bonds. The fourth-order valence-corrected chi connectivity index (χ4v) is 1.91. The predicted molar refractivity (Wildman–Crippen MR) is 66.3 cm³/mol. The fourth-order valence-electron chi connectivity index (χ4n) is 1.38. The van der Waals surface area contributed by atoms with Crippen molar-refractivity contribution in [2.45, 2.75) is 6.92 Å². The fraction of sp³-hybridized carbons (Fsp3) is 0.0833. The van der Waals surface area contributed by atoms with Crippen LogP contribution in [-0.2, 0) is 4.79 Å². The van der Waals surface area contributed by atoms with Crippen molar-refractivity contribution >= 4 is 28.7 Å². The van der Waals surface area contributed by atoms with Gasteiger partial charge in [-0.25, -0.2) is 4.98 Å². The third-order valence-electron chi connectivity index (χ3n) is 2.13. The summed E-state index contributed by atoms with van der Waals surface area (Å²) >= 11 is 1.39. The first kappa shape index (κ1) is 11.5. The van der Waals surface area contributed by atoms with Crippen LogP contribution in [0, 0.1) is 0 Å². The molecule has 0 saturated carbocycles. The highest BCUT2D eigenvalue weighted by Crippen LogP contribution is 2.13. The molecule has 0 aliphatic carbocycles. The van der Waals surface area contributed by atoms with Gasteiger partial charge in [-0.1, -0.05) is 0 Å². The Morgan fingerprint density at radius 3 is 2.47 bits per heavy atom. The van der Waals surface area contributed by atoms with Crippen LogP contribution in [0.2, 0.25) is 0 Å². The summed E-state index contributed by atoms with van der Waals surface area (Å²) in [6.45, 7) is 1.44. The van der Waals surface area contributed by atoms with Gasteiger partial charge in [0.2, 0.25) is 11.7 Å². The van der Waals surface area contributed by atoms with Crippen molar-refractivity contribution in [1.82, 2.24) is 4.98 Å². The average Bonchev–Trinajstić information content (AvgIpc) is 2.82. The second-order valence-electron chi connectivity index (χ2n) is 3.46. The normalized spacial score (nSPS) is 9.94. The predicted octanol–water partition coefficient (Wildman–Crippen LogP) is 2.33. The molecule has 5 heteroatoms. The lowest BCUT2D eigenvalue weighted by Crippen LogP contribution is -2.06. The number of carbonyl (C=O) groups is 2. The zero-order valence-corrected chi connectivity index (χ0v) is 9.95. The van der Waals surface area contributed by atoms with Gasteiger partial charge in [-0.3, -0.25) is 9.59 Å². The van der Waals surface area contributed by atoms with Crippen LogP contribution in [0.5, 0.6) is 0 Å². The van der Waals surface area contributed by atoms with Crippen LogP contribution < -0.4 is 5.32 Å². The van der Waals surface area contributed by atoms with E-state index in [1.807, 2.05) is 0 Å². The SMILES string of the molecule is CC(=O)Nc1ccc(C(=O)c2cscn2)cc1. The molecule has 1 aromatic carbocycles. The number of anilines is 1. The van der Waals surface area contributed by atoms with Crippen molar-refractivity contribution in [2.24, 2.45) is 0 Å². The standard InChI is InChI=1S/C12H10N2O2S/c1-8(15)14-10-4-2-9(3-5-10)12(16)11-6-17-7-13-11/h2-7H,1H3,(H,14,15). The van der Waals surface area contributed by atoms with Gasteiger partial charge in [-0.2, -0.15) is 0 Å². The van der Waals surface area contributed by atoms with E-state index in [-0.39, 0.29) is 11.7 Å². The summed E-state index contributed by atoms with van der Waals surface area (Å²) in [6.07, 6.45) is 0. The van der Waals surface area contributed by atoms with Crippen molar-refractivity contribution in [3.8, 4) is 0 Å². The van der Waals surface area contributed by atoms with Gasteiger partial charge in [0.05, 0.1) is 5.51 Å². The number of hydrogen-bond acceptors (Lipinski definition) is 4. The summed E-state index contributed by atoms with van der Waals surface area (Å²) in [5.74, 6) is -0.246. The Morgan fingerprint density at radius 1 is 1.24 bits per heavy atom. The molecule has 1 heterocycles. The lowest BCUT2D eigenvalue weighted by molar-refractivity contribution is -0.114. The van der Waals surface area contributed by atoms with Crippen molar-refractivity contribution in [3.63, 3.8) is 0 Å². The topological polar surface area (TPSA) is 59.1 Å². The smallest absolute Gasteiger partial charge is 0.221 e. The summed E-state index contributed by atoms with van der Waals surface area (Å²) in [6, 6.07) is 6.74. The molecule has 0 radical (unpaired) electrons. The first-order valence-electron chi connectivity index (χ1n) is 4.97. The zero-order chi connectivity index (χ0) is 12.3. The Kier molecular flexibility index (Phi) is 3.30. The Hall–Kier alpha value is -2.01. The van der Waals surface area contributed by atoms with Gasteiger partial charge in [-0.05, 0) is 24.3 Å². The lowest BCUT2D eigenvalue weighted by Gasteiger charge is -2.02. The number of nitrogens with zero attached hydrogens (tertiary/aromatic N) is 1. The van der Waals surface area contributed by atoms with Crippen LogP contribution in [0.25, 0.3) is 0 Å². The van der Waals surface area contributed by atoms with Gasteiger partial charge in [-0.15, -0.1) is 11.3 Å². The average molecular weight is 246 g/mol.